The molecular formula is C14H20N4S. The van der Waals surface area contributed by atoms with E-state index in [-0.39, 0.29) is 5.54 Å². The van der Waals surface area contributed by atoms with Crippen molar-refractivity contribution in [1.82, 2.24) is 20.3 Å². The van der Waals surface area contributed by atoms with E-state index in [9.17, 15) is 0 Å². The Bertz CT molecular complexity index is 532. The molecule has 2 rings (SSSR count). The highest BCUT2D eigenvalue weighted by Crippen LogP contribution is 2.19. The largest absolute Gasteiger partial charge is 0.308 e. The maximum atomic E-state index is 4.57. The molecule has 0 amide bonds. The molecule has 1 N–H and O–H groups in total. The van der Waals surface area contributed by atoms with Crippen LogP contribution < -0.4 is 5.32 Å². The van der Waals surface area contributed by atoms with E-state index in [4.69, 9.17) is 0 Å². The first-order valence-corrected chi connectivity index (χ1v) is 7.29. The van der Waals surface area contributed by atoms with Crippen molar-refractivity contribution in [3.8, 4) is 11.5 Å². The first kappa shape index (κ1) is 14.1. The second-order valence-corrected chi connectivity index (χ2v) is 6.39. The summed E-state index contributed by atoms with van der Waals surface area (Å²) in [6.45, 7) is 11.3. The molecule has 19 heavy (non-hydrogen) atoms. The van der Waals surface area contributed by atoms with Crippen molar-refractivity contribution in [2.45, 2.75) is 46.7 Å². The molecule has 0 aliphatic heterocycles. The lowest BCUT2D eigenvalue weighted by Crippen LogP contribution is -2.35. The van der Waals surface area contributed by atoms with Crippen LogP contribution in [0.25, 0.3) is 11.5 Å². The predicted octanol–water partition coefficient (Wildman–Crippen LogP) is 3.11. The minimum atomic E-state index is 0.0897. The second-order valence-electron chi connectivity index (χ2n) is 5.67. The Morgan fingerprint density at radius 1 is 1.16 bits per heavy atom. The predicted molar refractivity (Wildman–Crippen MR) is 79.2 cm³/mol. The third-order valence-corrected chi connectivity index (χ3v) is 3.46. The van der Waals surface area contributed by atoms with Gasteiger partial charge in [0.15, 0.2) is 5.82 Å². The maximum absolute atomic E-state index is 4.57. The standard InChI is InChI=1S/C14H20N4S/c1-9-11(6-16-14(3,4)5)10(2)18-13(17-9)12-7-19-8-15-12/h7-8,16H,6H2,1-5H3. The Labute approximate surface area is 118 Å². The number of nitrogens with one attached hydrogen (secondary N) is 1. The average Bonchev–Trinajstić information content (AvgIpc) is 2.79. The lowest BCUT2D eigenvalue weighted by Gasteiger charge is -2.21. The van der Waals surface area contributed by atoms with Crippen molar-refractivity contribution in [2.75, 3.05) is 0 Å². The minimum absolute atomic E-state index is 0.0897. The lowest BCUT2D eigenvalue weighted by molar-refractivity contribution is 0.422. The SMILES string of the molecule is Cc1nc(-c2cscn2)nc(C)c1CNC(C)(C)C. The van der Waals surface area contributed by atoms with Crippen molar-refractivity contribution in [2.24, 2.45) is 0 Å². The van der Waals surface area contributed by atoms with Gasteiger partial charge in [0, 0.05) is 34.4 Å². The van der Waals surface area contributed by atoms with Crippen LogP contribution in [0, 0.1) is 13.8 Å². The third kappa shape index (κ3) is 3.58. The van der Waals surface area contributed by atoms with Gasteiger partial charge in [-0.15, -0.1) is 11.3 Å². The van der Waals surface area contributed by atoms with Crippen LogP contribution in [0.4, 0.5) is 0 Å². The van der Waals surface area contributed by atoms with Crippen LogP contribution >= 0.6 is 11.3 Å². The average molecular weight is 276 g/mol. The van der Waals surface area contributed by atoms with Crippen LogP contribution in [-0.2, 0) is 6.54 Å². The number of aromatic nitrogens is 3. The second kappa shape index (κ2) is 5.35. The fourth-order valence-electron chi connectivity index (χ4n) is 1.79. The summed E-state index contributed by atoms with van der Waals surface area (Å²) in [5, 5.41) is 5.45. The van der Waals surface area contributed by atoms with Gasteiger partial charge >= 0.3 is 0 Å². The molecule has 4 nitrogen and oxygen atoms in total. The zero-order chi connectivity index (χ0) is 14.0. The van der Waals surface area contributed by atoms with Crippen molar-refractivity contribution in [1.29, 1.82) is 0 Å². The van der Waals surface area contributed by atoms with Crippen LogP contribution in [-0.4, -0.2) is 20.5 Å². The van der Waals surface area contributed by atoms with Crippen molar-refractivity contribution in [3.05, 3.63) is 27.8 Å². The molecule has 0 unspecified atom stereocenters. The van der Waals surface area contributed by atoms with E-state index in [0.717, 1.165) is 29.5 Å². The molecule has 0 aliphatic rings. The molecular weight excluding hydrogens is 256 g/mol. The van der Waals surface area contributed by atoms with E-state index in [1.807, 2.05) is 19.2 Å². The quantitative estimate of drug-likeness (QED) is 0.936. The number of aryl methyl sites for hydroxylation is 2. The molecule has 0 saturated heterocycles. The van der Waals surface area contributed by atoms with Crippen LogP contribution in [0.1, 0.15) is 37.7 Å². The summed E-state index contributed by atoms with van der Waals surface area (Å²) in [5.74, 6) is 0.718. The van der Waals surface area contributed by atoms with Crippen molar-refractivity contribution in [3.63, 3.8) is 0 Å². The highest BCUT2D eigenvalue weighted by Gasteiger charge is 2.14. The van der Waals surface area contributed by atoms with Gasteiger partial charge in [0.1, 0.15) is 5.69 Å². The number of rotatable bonds is 3. The fourth-order valence-corrected chi connectivity index (χ4v) is 2.32. The van der Waals surface area contributed by atoms with Gasteiger partial charge in [-0.1, -0.05) is 0 Å². The van der Waals surface area contributed by atoms with Gasteiger partial charge in [0.05, 0.1) is 5.51 Å². The molecule has 2 aromatic rings. The molecule has 2 heterocycles. The Morgan fingerprint density at radius 2 is 1.79 bits per heavy atom. The third-order valence-electron chi connectivity index (χ3n) is 2.88. The van der Waals surface area contributed by atoms with Crippen LogP contribution in [0.5, 0.6) is 0 Å². The molecule has 0 aromatic carbocycles. The summed E-state index contributed by atoms with van der Waals surface area (Å²) in [6, 6.07) is 0. The van der Waals surface area contributed by atoms with E-state index < -0.39 is 0 Å². The Morgan fingerprint density at radius 3 is 2.26 bits per heavy atom. The topological polar surface area (TPSA) is 50.7 Å². The molecule has 0 fully saturated rings. The van der Waals surface area contributed by atoms with E-state index in [1.54, 1.807) is 16.8 Å². The van der Waals surface area contributed by atoms with Gasteiger partial charge < -0.3 is 5.32 Å². The van der Waals surface area contributed by atoms with E-state index in [2.05, 4.69) is 41.0 Å². The van der Waals surface area contributed by atoms with E-state index in [1.165, 1.54) is 5.56 Å². The minimum Gasteiger partial charge on any atom is -0.308 e. The zero-order valence-electron chi connectivity index (χ0n) is 12.1. The Hall–Kier alpha value is -1.33. The van der Waals surface area contributed by atoms with Gasteiger partial charge in [-0.05, 0) is 34.6 Å². The summed E-state index contributed by atoms with van der Waals surface area (Å²) in [6.07, 6.45) is 0. The summed E-state index contributed by atoms with van der Waals surface area (Å²) < 4.78 is 0. The monoisotopic (exact) mass is 276 g/mol. The number of hydrogen-bond donors (Lipinski definition) is 1. The molecule has 2 aromatic heterocycles. The van der Waals surface area contributed by atoms with Gasteiger partial charge in [-0.3, -0.25) is 0 Å². The zero-order valence-corrected chi connectivity index (χ0v) is 12.9. The van der Waals surface area contributed by atoms with Gasteiger partial charge in [0.25, 0.3) is 0 Å². The van der Waals surface area contributed by atoms with Crippen LogP contribution in [0.3, 0.4) is 0 Å². The molecule has 102 valence electrons. The number of nitrogens with zero attached hydrogens (tertiary/aromatic N) is 3. The first-order valence-electron chi connectivity index (χ1n) is 6.34. The van der Waals surface area contributed by atoms with Crippen LogP contribution in [0.2, 0.25) is 0 Å². The van der Waals surface area contributed by atoms with Gasteiger partial charge in [0.2, 0.25) is 0 Å². The maximum Gasteiger partial charge on any atom is 0.179 e. The lowest BCUT2D eigenvalue weighted by atomic mass is 10.1. The normalized spacial score (nSPS) is 11.8. The summed E-state index contributed by atoms with van der Waals surface area (Å²) >= 11 is 1.56. The molecule has 5 heteroatoms. The molecule has 0 saturated carbocycles. The molecule has 0 bridgehead atoms. The van der Waals surface area contributed by atoms with E-state index in [0.29, 0.717) is 0 Å². The Balaban J connectivity index is 2.28. The highest BCUT2D eigenvalue weighted by atomic mass is 32.1. The fraction of sp³-hybridized carbons (Fsp3) is 0.500. The first-order chi connectivity index (χ1) is 8.87. The Kier molecular flexibility index (Phi) is 3.96. The molecule has 0 atom stereocenters. The van der Waals surface area contributed by atoms with Gasteiger partial charge in [-0.25, -0.2) is 15.0 Å². The summed E-state index contributed by atoms with van der Waals surface area (Å²) in [4.78, 5) is 13.4. The smallest absolute Gasteiger partial charge is 0.179 e. The molecule has 0 aliphatic carbocycles. The van der Waals surface area contributed by atoms with Crippen molar-refractivity contribution < 1.29 is 0 Å². The summed E-state index contributed by atoms with van der Waals surface area (Å²) in [7, 11) is 0. The number of hydrogen-bond acceptors (Lipinski definition) is 5. The van der Waals surface area contributed by atoms with Crippen LogP contribution in [0.15, 0.2) is 10.9 Å². The van der Waals surface area contributed by atoms with E-state index >= 15 is 0 Å². The molecule has 0 radical (unpaired) electrons. The van der Waals surface area contributed by atoms with Crippen molar-refractivity contribution >= 4 is 11.3 Å². The van der Waals surface area contributed by atoms with Gasteiger partial charge in [-0.2, -0.15) is 0 Å². The highest BCUT2D eigenvalue weighted by molar-refractivity contribution is 7.07. The summed E-state index contributed by atoms with van der Waals surface area (Å²) in [5.41, 5.74) is 5.96. The molecule has 0 spiro atoms. The number of thiazole rings is 1.